The first-order chi connectivity index (χ1) is 9.45. The number of alkyl halides is 1. The number of hydrogen-bond donors (Lipinski definition) is 0. The minimum absolute atomic E-state index is 0.332. The lowest BCUT2D eigenvalue weighted by molar-refractivity contribution is 0.226. The van der Waals surface area contributed by atoms with E-state index in [-0.39, 0.29) is 0 Å². The minimum atomic E-state index is -3.37. The van der Waals surface area contributed by atoms with Gasteiger partial charge in [0, 0.05) is 19.0 Å². The molecule has 0 radical (unpaired) electrons. The number of benzene rings is 1. The van der Waals surface area contributed by atoms with Gasteiger partial charge in [0.15, 0.2) is 0 Å². The van der Waals surface area contributed by atoms with Crippen molar-refractivity contribution in [3.05, 3.63) is 29.8 Å². The topological polar surface area (TPSA) is 37.4 Å². The van der Waals surface area contributed by atoms with Crippen LogP contribution in [0.4, 0.5) is 0 Å². The van der Waals surface area contributed by atoms with E-state index in [1.807, 2.05) is 6.07 Å². The normalized spacial score (nSPS) is 18.6. The third kappa shape index (κ3) is 3.35. The Hall–Kier alpha value is -0.580. The Morgan fingerprint density at radius 1 is 1.30 bits per heavy atom. The highest BCUT2D eigenvalue weighted by molar-refractivity contribution is 7.89. The second kappa shape index (κ2) is 6.46. The maximum absolute atomic E-state index is 12.6. The van der Waals surface area contributed by atoms with Crippen molar-refractivity contribution in [2.24, 2.45) is 11.8 Å². The molecule has 112 valence electrons. The summed E-state index contributed by atoms with van der Waals surface area (Å²) >= 11 is 5.78. The van der Waals surface area contributed by atoms with Crippen LogP contribution in [0.1, 0.15) is 32.3 Å². The van der Waals surface area contributed by atoms with E-state index >= 15 is 0 Å². The standard InChI is InChI=1S/C15H22ClNO2S/c1-12(2)14-6-8-17(9-7-14)20(18,19)15-5-3-4-13(10-15)11-16/h3-5,10,12,14H,6-9,11H2,1-2H3. The van der Waals surface area contributed by atoms with E-state index in [0.29, 0.717) is 35.7 Å². The third-order valence-electron chi connectivity index (χ3n) is 4.13. The number of hydrogen-bond acceptors (Lipinski definition) is 2. The molecular weight excluding hydrogens is 294 g/mol. The molecule has 1 aliphatic heterocycles. The third-order valence-corrected chi connectivity index (χ3v) is 6.34. The summed E-state index contributed by atoms with van der Waals surface area (Å²) in [6.07, 6.45) is 1.90. The molecule has 0 saturated carbocycles. The fraction of sp³-hybridized carbons (Fsp3) is 0.600. The van der Waals surface area contributed by atoms with Gasteiger partial charge >= 0.3 is 0 Å². The SMILES string of the molecule is CC(C)C1CCN(S(=O)(=O)c2cccc(CCl)c2)CC1. The highest BCUT2D eigenvalue weighted by atomic mass is 35.5. The van der Waals surface area contributed by atoms with Gasteiger partial charge in [-0.05, 0) is 42.4 Å². The Labute approximate surface area is 127 Å². The van der Waals surface area contributed by atoms with Crippen molar-refractivity contribution in [2.75, 3.05) is 13.1 Å². The van der Waals surface area contributed by atoms with Crippen molar-refractivity contribution < 1.29 is 8.42 Å². The van der Waals surface area contributed by atoms with E-state index in [0.717, 1.165) is 18.4 Å². The van der Waals surface area contributed by atoms with Crippen LogP contribution in [0.15, 0.2) is 29.2 Å². The van der Waals surface area contributed by atoms with Gasteiger partial charge in [-0.1, -0.05) is 26.0 Å². The predicted octanol–water partition coefficient (Wildman–Crippen LogP) is 3.48. The molecular formula is C15H22ClNO2S. The summed E-state index contributed by atoms with van der Waals surface area (Å²) in [6, 6.07) is 6.93. The van der Waals surface area contributed by atoms with Crippen LogP contribution in [0.3, 0.4) is 0 Å². The highest BCUT2D eigenvalue weighted by Gasteiger charge is 2.30. The van der Waals surface area contributed by atoms with Crippen molar-refractivity contribution in [3.8, 4) is 0 Å². The van der Waals surface area contributed by atoms with Crippen LogP contribution in [0.2, 0.25) is 0 Å². The molecule has 0 atom stereocenters. The summed E-state index contributed by atoms with van der Waals surface area (Å²) in [5.74, 6) is 1.59. The smallest absolute Gasteiger partial charge is 0.207 e. The number of halogens is 1. The largest absolute Gasteiger partial charge is 0.243 e. The number of rotatable bonds is 4. The average molecular weight is 316 g/mol. The Morgan fingerprint density at radius 2 is 1.95 bits per heavy atom. The first-order valence-electron chi connectivity index (χ1n) is 7.10. The zero-order valence-corrected chi connectivity index (χ0v) is 13.6. The molecule has 0 N–H and O–H groups in total. The maximum Gasteiger partial charge on any atom is 0.243 e. The Morgan fingerprint density at radius 3 is 2.50 bits per heavy atom. The number of piperidine rings is 1. The minimum Gasteiger partial charge on any atom is -0.207 e. The second-order valence-electron chi connectivity index (χ2n) is 5.77. The van der Waals surface area contributed by atoms with Crippen LogP contribution >= 0.6 is 11.6 Å². The molecule has 1 aromatic rings. The highest BCUT2D eigenvalue weighted by Crippen LogP contribution is 2.28. The molecule has 1 heterocycles. The summed E-state index contributed by atoms with van der Waals surface area (Å²) in [4.78, 5) is 0.360. The summed E-state index contributed by atoms with van der Waals surface area (Å²) in [6.45, 7) is 5.66. The molecule has 0 aromatic heterocycles. The second-order valence-corrected chi connectivity index (χ2v) is 7.97. The molecule has 20 heavy (non-hydrogen) atoms. The van der Waals surface area contributed by atoms with E-state index in [1.165, 1.54) is 0 Å². The maximum atomic E-state index is 12.6. The fourth-order valence-corrected chi connectivity index (χ4v) is 4.43. The monoisotopic (exact) mass is 315 g/mol. The van der Waals surface area contributed by atoms with Crippen molar-refractivity contribution in [1.29, 1.82) is 0 Å². The number of nitrogens with zero attached hydrogens (tertiary/aromatic N) is 1. The van der Waals surface area contributed by atoms with Gasteiger partial charge in [-0.15, -0.1) is 11.6 Å². The van der Waals surface area contributed by atoms with Gasteiger partial charge in [0.05, 0.1) is 4.90 Å². The molecule has 0 spiro atoms. The summed E-state index contributed by atoms with van der Waals surface area (Å²) in [5, 5.41) is 0. The van der Waals surface area contributed by atoms with Gasteiger partial charge in [-0.25, -0.2) is 8.42 Å². The quantitative estimate of drug-likeness (QED) is 0.798. The molecule has 0 unspecified atom stereocenters. The molecule has 1 aromatic carbocycles. The van der Waals surface area contributed by atoms with E-state index in [4.69, 9.17) is 11.6 Å². The van der Waals surface area contributed by atoms with Crippen LogP contribution in [0.5, 0.6) is 0 Å². The van der Waals surface area contributed by atoms with Crippen molar-refractivity contribution in [2.45, 2.75) is 37.5 Å². The zero-order chi connectivity index (χ0) is 14.8. The Balaban J connectivity index is 2.15. The van der Waals surface area contributed by atoms with Gasteiger partial charge in [-0.2, -0.15) is 4.31 Å². The molecule has 0 amide bonds. The first-order valence-corrected chi connectivity index (χ1v) is 9.07. The predicted molar refractivity (Wildman–Crippen MR) is 82.3 cm³/mol. The van der Waals surface area contributed by atoms with E-state index < -0.39 is 10.0 Å². The molecule has 5 heteroatoms. The summed E-state index contributed by atoms with van der Waals surface area (Å²) in [5.41, 5.74) is 0.838. The van der Waals surface area contributed by atoms with E-state index in [2.05, 4.69) is 13.8 Å². The Kier molecular flexibility index (Phi) is 5.10. The van der Waals surface area contributed by atoms with Crippen LogP contribution in [0.25, 0.3) is 0 Å². The van der Waals surface area contributed by atoms with Crippen molar-refractivity contribution in [1.82, 2.24) is 4.31 Å². The van der Waals surface area contributed by atoms with E-state index in [9.17, 15) is 8.42 Å². The van der Waals surface area contributed by atoms with Gasteiger partial charge < -0.3 is 0 Å². The van der Waals surface area contributed by atoms with Crippen LogP contribution in [-0.2, 0) is 15.9 Å². The van der Waals surface area contributed by atoms with Gasteiger partial charge in [0.25, 0.3) is 0 Å². The van der Waals surface area contributed by atoms with Gasteiger partial charge in [-0.3, -0.25) is 0 Å². The lowest BCUT2D eigenvalue weighted by atomic mass is 9.87. The van der Waals surface area contributed by atoms with E-state index in [1.54, 1.807) is 22.5 Å². The van der Waals surface area contributed by atoms with Gasteiger partial charge in [0.2, 0.25) is 10.0 Å². The van der Waals surface area contributed by atoms with Crippen LogP contribution in [-0.4, -0.2) is 25.8 Å². The molecule has 2 rings (SSSR count). The molecule has 0 aliphatic carbocycles. The fourth-order valence-electron chi connectivity index (χ4n) is 2.72. The summed E-state index contributed by atoms with van der Waals surface area (Å²) in [7, 11) is -3.37. The summed E-state index contributed by atoms with van der Waals surface area (Å²) < 4.78 is 26.8. The molecule has 1 aliphatic rings. The van der Waals surface area contributed by atoms with Gasteiger partial charge in [0.1, 0.15) is 0 Å². The molecule has 3 nitrogen and oxygen atoms in total. The Bertz CT molecular complexity index is 549. The molecule has 1 fully saturated rings. The average Bonchev–Trinajstić information content (AvgIpc) is 2.47. The lowest BCUT2D eigenvalue weighted by Gasteiger charge is -2.33. The van der Waals surface area contributed by atoms with Crippen LogP contribution in [0, 0.1) is 11.8 Å². The van der Waals surface area contributed by atoms with Crippen LogP contribution < -0.4 is 0 Å². The first kappa shape index (κ1) is 15.8. The zero-order valence-electron chi connectivity index (χ0n) is 12.0. The lowest BCUT2D eigenvalue weighted by Crippen LogP contribution is -2.39. The molecule has 1 saturated heterocycles. The molecule has 0 bridgehead atoms. The van der Waals surface area contributed by atoms with Crippen molar-refractivity contribution in [3.63, 3.8) is 0 Å². The van der Waals surface area contributed by atoms with Crippen molar-refractivity contribution >= 4 is 21.6 Å². The number of sulfonamides is 1.